The fourth-order valence-corrected chi connectivity index (χ4v) is 4.65. The van der Waals surface area contributed by atoms with Crippen LogP contribution in [0.3, 0.4) is 0 Å². The van der Waals surface area contributed by atoms with Gasteiger partial charge in [0, 0.05) is 31.4 Å². The van der Waals surface area contributed by atoms with E-state index < -0.39 is 0 Å². The second-order valence-corrected chi connectivity index (χ2v) is 10.3. The Hall–Kier alpha value is -2.64. The van der Waals surface area contributed by atoms with E-state index in [4.69, 9.17) is 14.2 Å². The van der Waals surface area contributed by atoms with Crippen LogP contribution in [0.2, 0.25) is 0 Å². The molecule has 0 N–H and O–H groups in total. The van der Waals surface area contributed by atoms with Crippen LogP contribution in [0.15, 0.2) is 42.6 Å². The zero-order valence-electron chi connectivity index (χ0n) is 20.8. The summed E-state index contributed by atoms with van der Waals surface area (Å²) in [6, 6.07) is 11.7. The van der Waals surface area contributed by atoms with Crippen molar-refractivity contribution in [2.24, 2.45) is 5.41 Å². The van der Waals surface area contributed by atoms with Crippen LogP contribution in [-0.4, -0.2) is 65.7 Å². The molecule has 0 bridgehead atoms. The molecular weight excluding hydrogens is 430 g/mol. The maximum atomic E-state index is 13.3. The van der Waals surface area contributed by atoms with Crippen LogP contribution in [0.25, 0.3) is 0 Å². The van der Waals surface area contributed by atoms with Gasteiger partial charge in [0.2, 0.25) is 11.8 Å². The van der Waals surface area contributed by atoms with Crippen molar-refractivity contribution in [3.63, 3.8) is 0 Å². The predicted octanol–water partition coefficient (Wildman–Crippen LogP) is 4.51. The number of benzene rings is 1. The molecule has 0 radical (unpaired) electrons. The maximum absolute atomic E-state index is 13.3. The first-order chi connectivity index (χ1) is 16.3. The molecule has 0 saturated carbocycles. The number of amides is 1. The Balaban J connectivity index is 1.57. The van der Waals surface area contributed by atoms with Crippen LogP contribution in [0.4, 0.5) is 0 Å². The number of aromatic nitrogens is 1. The fraction of sp³-hybridized carbons (Fsp3) is 0.556. The number of carbonyl (C=O) groups excluding carboxylic acids is 1. The highest BCUT2D eigenvalue weighted by molar-refractivity contribution is 5.78. The number of rotatable bonds is 2. The molecule has 0 aliphatic carbocycles. The van der Waals surface area contributed by atoms with Gasteiger partial charge in [-0.25, -0.2) is 4.98 Å². The van der Waals surface area contributed by atoms with Crippen molar-refractivity contribution < 1.29 is 19.0 Å². The van der Waals surface area contributed by atoms with Crippen LogP contribution >= 0.6 is 0 Å². The van der Waals surface area contributed by atoms with E-state index in [1.54, 1.807) is 6.20 Å². The molecule has 1 aromatic heterocycles. The van der Waals surface area contributed by atoms with Crippen LogP contribution in [-0.2, 0) is 16.1 Å². The maximum Gasteiger partial charge on any atom is 0.236 e. The van der Waals surface area contributed by atoms with E-state index >= 15 is 0 Å². The molecule has 2 aromatic rings. The van der Waals surface area contributed by atoms with E-state index in [9.17, 15) is 4.79 Å². The molecule has 2 unspecified atom stereocenters. The van der Waals surface area contributed by atoms with Crippen LogP contribution in [0.1, 0.15) is 46.1 Å². The zero-order valence-corrected chi connectivity index (χ0v) is 20.8. The molecule has 7 nitrogen and oxygen atoms in total. The summed E-state index contributed by atoms with van der Waals surface area (Å²) in [6.07, 6.45) is 3.81. The molecule has 1 saturated heterocycles. The van der Waals surface area contributed by atoms with Crippen molar-refractivity contribution in [2.45, 2.75) is 59.3 Å². The third-order valence-corrected chi connectivity index (χ3v) is 6.38. The molecule has 7 heteroatoms. The Morgan fingerprint density at radius 2 is 1.82 bits per heavy atom. The van der Waals surface area contributed by atoms with Crippen LogP contribution in [0.5, 0.6) is 17.4 Å². The van der Waals surface area contributed by atoms with Gasteiger partial charge in [-0.2, -0.15) is 0 Å². The van der Waals surface area contributed by atoms with E-state index in [-0.39, 0.29) is 23.5 Å². The first kappa shape index (κ1) is 24.5. The molecule has 2 atom stereocenters. The van der Waals surface area contributed by atoms with Crippen molar-refractivity contribution >= 4 is 5.91 Å². The second-order valence-electron chi connectivity index (χ2n) is 10.3. The quantitative estimate of drug-likeness (QED) is 0.648. The number of fused-ring (bicyclic) bond motifs is 2. The summed E-state index contributed by atoms with van der Waals surface area (Å²) in [4.78, 5) is 21.9. The topological polar surface area (TPSA) is 64.1 Å². The Morgan fingerprint density at radius 1 is 1.09 bits per heavy atom. The first-order valence-electron chi connectivity index (χ1n) is 12.3. The van der Waals surface area contributed by atoms with Gasteiger partial charge in [-0.1, -0.05) is 32.0 Å². The second kappa shape index (κ2) is 10.7. The molecule has 4 rings (SSSR count). The lowest BCUT2D eigenvalue weighted by molar-refractivity contribution is -0.144. The van der Waals surface area contributed by atoms with E-state index in [0.29, 0.717) is 50.2 Å². The minimum Gasteiger partial charge on any atom is -0.489 e. The van der Waals surface area contributed by atoms with Crippen LogP contribution < -0.4 is 9.47 Å². The molecule has 184 valence electrons. The monoisotopic (exact) mass is 467 g/mol. The average molecular weight is 468 g/mol. The van der Waals surface area contributed by atoms with Gasteiger partial charge in [0.25, 0.3) is 0 Å². The number of morpholine rings is 1. The highest BCUT2D eigenvalue weighted by atomic mass is 16.5. The molecule has 1 aromatic carbocycles. The summed E-state index contributed by atoms with van der Waals surface area (Å²) in [5.41, 5.74) is 0.948. The van der Waals surface area contributed by atoms with Crippen molar-refractivity contribution in [3.05, 3.63) is 48.2 Å². The third kappa shape index (κ3) is 6.48. The van der Waals surface area contributed by atoms with Gasteiger partial charge < -0.3 is 19.1 Å². The van der Waals surface area contributed by atoms with Gasteiger partial charge in [0.05, 0.1) is 25.4 Å². The predicted molar refractivity (Wildman–Crippen MR) is 131 cm³/mol. The van der Waals surface area contributed by atoms with Crippen molar-refractivity contribution in [3.8, 4) is 17.4 Å². The van der Waals surface area contributed by atoms with Crippen molar-refractivity contribution in [1.29, 1.82) is 0 Å². The van der Waals surface area contributed by atoms with Gasteiger partial charge in [0.1, 0.15) is 0 Å². The largest absolute Gasteiger partial charge is 0.489 e. The highest BCUT2D eigenvalue weighted by Crippen LogP contribution is 2.34. The number of nitrogens with zero attached hydrogens (tertiary/aromatic N) is 3. The Morgan fingerprint density at radius 3 is 2.59 bits per heavy atom. The molecule has 0 spiro atoms. The molecular formula is C27H37N3O4. The zero-order chi connectivity index (χ0) is 24.1. The number of para-hydroxylation sites is 2. The summed E-state index contributed by atoms with van der Waals surface area (Å²) < 4.78 is 18.2. The number of hydrogen-bond acceptors (Lipinski definition) is 6. The Kier molecular flexibility index (Phi) is 7.73. The summed E-state index contributed by atoms with van der Waals surface area (Å²) in [7, 11) is 0. The normalized spacial score (nSPS) is 23.7. The molecule has 1 amide bonds. The Bertz CT molecular complexity index is 970. The van der Waals surface area contributed by atoms with Gasteiger partial charge in [-0.3, -0.25) is 9.69 Å². The standard InChI is InChI=1S/C27H37N3O4/c1-20-15-30(16-21(2)33-20)25(31)18-29-14-8-12-27(3,4)19-32-23-10-5-6-11-24(23)34-26-22(17-29)9-7-13-28-26/h5-7,9-11,13,20-21H,8,12,14-19H2,1-4H3. The molecule has 2 aliphatic rings. The van der Waals surface area contributed by atoms with Crippen molar-refractivity contribution in [2.75, 3.05) is 32.8 Å². The van der Waals surface area contributed by atoms with Gasteiger partial charge in [0.15, 0.2) is 11.5 Å². The highest BCUT2D eigenvalue weighted by Gasteiger charge is 2.28. The number of ether oxygens (including phenoxy) is 3. The van der Waals surface area contributed by atoms with E-state index in [1.807, 2.05) is 55.1 Å². The molecule has 1 fully saturated rings. The summed E-state index contributed by atoms with van der Waals surface area (Å²) in [5.74, 6) is 2.05. The lowest BCUT2D eigenvalue weighted by atomic mass is 9.88. The lowest BCUT2D eigenvalue weighted by Gasteiger charge is -2.36. The van der Waals surface area contributed by atoms with Gasteiger partial charge in [-0.15, -0.1) is 0 Å². The summed E-state index contributed by atoms with van der Waals surface area (Å²) in [6.45, 7) is 12.1. The van der Waals surface area contributed by atoms with E-state index in [0.717, 1.165) is 24.9 Å². The third-order valence-electron chi connectivity index (χ3n) is 6.38. The van der Waals surface area contributed by atoms with Gasteiger partial charge >= 0.3 is 0 Å². The number of carbonyl (C=O) groups is 1. The SMILES string of the molecule is CC1CN(C(=O)CN2CCCC(C)(C)COc3ccccc3Oc3ncccc3C2)CC(C)O1. The lowest BCUT2D eigenvalue weighted by Crippen LogP contribution is -2.51. The summed E-state index contributed by atoms with van der Waals surface area (Å²) in [5, 5.41) is 0. The molecule has 3 heterocycles. The van der Waals surface area contributed by atoms with Crippen molar-refractivity contribution in [1.82, 2.24) is 14.8 Å². The number of pyridine rings is 1. The molecule has 34 heavy (non-hydrogen) atoms. The summed E-state index contributed by atoms with van der Waals surface area (Å²) >= 11 is 0. The number of hydrogen-bond donors (Lipinski definition) is 0. The van der Waals surface area contributed by atoms with Crippen LogP contribution in [0, 0.1) is 5.41 Å². The van der Waals surface area contributed by atoms with E-state index in [1.165, 1.54) is 0 Å². The van der Waals surface area contributed by atoms with Gasteiger partial charge in [-0.05, 0) is 56.8 Å². The Labute approximate surface area is 203 Å². The first-order valence-corrected chi connectivity index (χ1v) is 12.3. The van der Waals surface area contributed by atoms with E-state index in [2.05, 4.69) is 23.7 Å². The minimum atomic E-state index is -0.00296. The smallest absolute Gasteiger partial charge is 0.236 e. The molecule has 2 aliphatic heterocycles. The average Bonchev–Trinajstić information content (AvgIpc) is 2.79. The fourth-order valence-electron chi connectivity index (χ4n) is 4.65. The minimum absolute atomic E-state index is 0.00296.